The Balaban J connectivity index is 1.70. The Kier molecular flexibility index (Phi) is 4.72. The first-order valence-electron chi connectivity index (χ1n) is 8.72. The molecule has 132 valence electrons. The minimum atomic E-state index is -0.447. The van der Waals surface area contributed by atoms with Crippen LogP contribution < -0.4 is 10.1 Å². The normalized spacial score (nSPS) is 26.8. The lowest BCUT2D eigenvalue weighted by atomic mass is 9.82. The number of hydrogen-bond donors (Lipinski definition) is 1. The predicted molar refractivity (Wildman–Crippen MR) is 93.4 cm³/mol. The molecule has 0 saturated carbocycles. The van der Waals surface area contributed by atoms with Gasteiger partial charge in [0.1, 0.15) is 11.4 Å². The molecule has 5 nitrogen and oxygen atoms in total. The Labute approximate surface area is 144 Å². The summed E-state index contributed by atoms with van der Waals surface area (Å²) in [6.45, 7) is 8.21. The molecule has 3 rings (SSSR count). The van der Waals surface area contributed by atoms with Crippen LogP contribution in [0.25, 0.3) is 0 Å². The predicted octanol–water partition coefficient (Wildman–Crippen LogP) is 3.01. The van der Waals surface area contributed by atoms with E-state index in [1.54, 1.807) is 7.11 Å². The molecule has 0 aliphatic carbocycles. The number of benzene rings is 1. The van der Waals surface area contributed by atoms with Gasteiger partial charge < -0.3 is 19.7 Å². The van der Waals surface area contributed by atoms with Crippen molar-refractivity contribution in [3.05, 3.63) is 29.8 Å². The van der Waals surface area contributed by atoms with Gasteiger partial charge >= 0.3 is 6.09 Å². The maximum atomic E-state index is 12.4. The van der Waals surface area contributed by atoms with E-state index in [4.69, 9.17) is 9.47 Å². The van der Waals surface area contributed by atoms with Crippen LogP contribution in [0.5, 0.6) is 5.75 Å². The second kappa shape index (κ2) is 6.63. The Morgan fingerprint density at radius 1 is 1.25 bits per heavy atom. The third-order valence-electron chi connectivity index (χ3n) is 4.97. The number of nitrogens with one attached hydrogen (secondary N) is 1. The highest BCUT2D eigenvalue weighted by molar-refractivity contribution is 5.68. The summed E-state index contributed by atoms with van der Waals surface area (Å²) in [6.07, 6.45) is 0.789. The molecule has 2 fully saturated rings. The molecule has 0 aromatic heterocycles. The molecular formula is C19H28N2O3. The van der Waals surface area contributed by atoms with Crippen LogP contribution in [0.4, 0.5) is 4.79 Å². The maximum absolute atomic E-state index is 12.4. The standard InChI is InChI=1S/C19H28N2O3/c1-19(2,3)24-18(22)21-10-9-17-16(12-21)15(11-20-17)13-5-7-14(23-4)8-6-13/h5-8,15-17,20H,9-12H2,1-4H3. The van der Waals surface area contributed by atoms with Gasteiger partial charge in [-0.2, -0.15) is 0 Å². The van der Waals surface area contributed by atoms with Gasteiger partial charge in [0.25, 0.3) is 0 Å². The van der Waals surface area contributed by atoms with Crippen LogP contribution in [-0.4, -0.2) is 49.4 Å². The third kappa shape index (κ3) is 3.66. The topological polar surface area (TPSA) is 50.8 Å². The van der Waals surface area contributed by atoms with Gasteiger partial charge in [0.05, 0.1) is 7.11 Å². The SMILES string of the molecule is COc1ccc(C2CNC3CCN(C(=O)OC(C)(C)C)CC32)cc1. The average Bonchev–Trinajstić information content (AvgIpc) is 2.96. The first kappa shape index (κ1) is 17.1. The van der Waals surface area contributed by atoms with E-state index in [-0.39, 0.29) is 6.09 Å². The van der Waals surface area contributed by atoms with Crippen molar-refractivity contribution in [1.29, 1.82) is 0 Å². The van der Waals surface area contributed by atoms with E-state index in [0.29, 0.717) is 17.9 Å². The van der Waals surface area contributed by atoms with Crippen molar-refractivity contribution in [3.8, 4) is 5.75 Å². The zero-order chi connectivity index (χ0) is 17.3. The number of carbonyl (C=O) groups excluding carboxylic acids is 1. The summed E-state index contributed by atoms with van der Waals surface area (Å²) in [6, 6.07) is 8.78. The molecule has 0 radical (unpaired) electrons. The van der Waals surface area contributed by atoms with Crippen molar-refractivity contribution < 1.29 is 14.3 Å². The number of hydrogen-bond acceptors (Lipinski definition) is 4. The molecule has 24 heavy (non-hydrogen) atoms. The van der Waals surface area contributed by atoms with Crippen LogP contribution in [0, 0.1) is 5.92 Å². The van der Waals surface area contributed by atoms with Crippen molar-refractivity contribution in [2.45, 2.75) is 44.8 Å². The van der Waals surface area contributed by atoms with Gasteiger partial charge in [-0.05, 0) is 44.9 Å². The molecule has 3 atom stereocenters. The summed E-state index contributed by atoms with van der Waals surface area (Å²) < 4.78 is 10.8. The number of ether oxygens (including phenoxy) is 2. The number of carbonyl (C=O) groups is 1. The minimum absolute atomic E-state index is 0.193. The number of piperidine rings is 1. The highest BCUT2D eigenvalue weighted by Crippen LogP contribution is 2.37. The largest absolute Gasteiger partial charge is 0.497 e. The van der Waals surface area contributed by atoms with Crippen molar-refractivity contribution in [2.75, 3.05) is 26.7 Å². The summed E-state index contributed by atoms with van der Waals surface area (Å²) in [7, 11) is 1.68. The lowest BCUT2D eigenvalue weighted by molar-refractivity contribution is 0.0149. The van der Waals surface area contributed by atoms with Crippen molar-refractivity contribution in [2.24, 2.45) is 5.92 Å². The van der Waals surface area contributed by atoms with E-state index in [0.717, 1.165) is 31.8 Å². The fourth-order valence-electron chi connectivity index (χ4n) is 3.78. The molecule has 2 aliphatic heterocycles. The molecule has 1 amide bonds. The fourth-order valence-corrected chi connectivity index (χ4v) is 3.78. The van der Waals surface area contributed by atoms with E-state index in [1.165, 1.54) is 5.56 Å². The monoisotopic (exact) mass is 332 g/mol. The molecule has 2 heterocycles. The van der Waals surface area contributed by atoms with E-state index in [2.05, 4.69) is 17.4 Å². The van der Waals surface area contributed by atoms with Gasteiger partial charge in [-0.1, -0.05) is 12.1 Å². The number of fused-ring (bicyclic) bond motifs is 1. The van der Waals surface area contributed by atoms with Crippen molar-refractivity contribution >= 4 is 6.09 Å². The van der Waals surface area contributed by atoms with E-state index in [9.17, 15) is 4.79 Å². The van der Waals surface area contributed by atoms with E-state index in [1.807, 2.05) is 37.8 Å². The second-order valence-electron chi connectivity index (χ2n) is 7.77. The highest BCUT2D eigenvalue weighted by Gasteiger charge is 2.42. The first-order chi connectivity index (χ1) is 11.4. The molecule has 2 saturated heterocycles. The van der Waals surface area contributed by atoms with Crippen LogP contribution in [0.1, 0.15) is 38.7 Å². The van der Waals surface area contributed by atoms with Crippen LogP contribution in [-0.2, 0) is 4.74 Å². The lowest BCUT2D eigenvalue weighted by Crippen LogP contribution is -2.49. The molecule has 5 heteroatoms. The highest BCUT2D eigenvalue weighted by atomic mass is 16.6. The molecular weight excluding hydrogens is 304 g/mol. The molecule has 3 unspecified atom stereocenters. The maximum Gasteiger partial charge on any atom is 0.410 e. The zero-order valence-electron chi connectivity index (χ0n) is 15.0. The Hall–Kier alpha value is -1.75. The Morgan fingerprint density at radius 3 is 2.58 bits per heavy atom. The molecule has 1 aromatic rings. The average molecular weight is 332 g/mol. The van der Waals surface area contributed by atoms with Gasteiger partial charge in [0, 0.05) is 37.5 Å². The molecule has 1 N–H and O–H groups in total. The van der Waals surface area contributed by atoms with Crippen molar-refractivity contribution in [1.82, 2.24) is 10.2 Å². The second-order valence-corrected chi connectivity index (χ2v) is 7.77. The fraction of sp³-hybridized carbons (Fsp3) is 0.632. The van der Waals surface area contributed by atoms with Crippen LogP contribution in [0.2, 0.25) is 0 Å². The van der Waals surface area contributed by atoms with Crippen LogP contribution >= 0.6 is 0 Å². The number of amides is 1. The van der Waals surface area contributed by atoms with Crippen LogP contribution in [0.3, 0.4) is 0 Å². The zero-order valence-corrected chi connectivity index (χ0v) is 15.0. The van der Waals surface area contributed by atoms with Gasteiger partial charge in [-0.25, -0.2) is 4.79 Å². The molecule has 2 aliphatic rings. The summed E-state index contributed by atoms with van der Waals surface area (Å²) >= 11 is 0. The third-order valence-corrected chi connectivity index (χ3v) is 4.97. The van der Waals surface area contributed by atoms with Gasteiger partial charge in [0.15, 0.2) is 0 Å². The van der Waals surface area contributed by atoms with Crippen molar-refractivity contribution in [3.63, 3.8) is 0 Å². The van der Waals surface area contributed by atoms with Gasteiger partial charge in [-0.15, -0.1) is 0 Å². The van der Waals surface area contributed by atoms with E-state index < -0.39 is 5.60 Å². The molecule has 0 bridgehead atoms. The molecule has 1 aromatic carbocycles. The summed E-state index contributed by atoms with van der Waals surface area (Å²) in [5.41, 5.74) is 0.860. The summed E-state index contributed by atoms with van der Waals surface area (Å²) in [4.78, 5) is 14.3. The summed E-state index contributed by atoms with van der Waals surface area (Å²) in [5, 5.41) is 3.63. The Bertz CT molecular complexity index is 579. The van der Waals surface area contributed by atoms with Gasteiger partial charge in [-0.3, -0.25) is 0 Å². The lowest BCUT2D eigenvalue weighted by Gasteiger charge is -2.37. The summed E-state index contributed by atoms with van der Waals surface area (Å²) in [5.74, 6) is 1.73. The smallest absolute Gasteiger partial charge is 0.410 e. The quantitative estimate of drug-likeness (QED) is 0.904. The van der Waals surface area contributed by atoms with E-state index >= 15 is 0 Å². The van der Waals surface area contributed by atoms with Crippen LogP contribution in [0.15, 0.2) is 24.3 Å². The molecule has 0 spiro atoms. The number of likely N-dealkylation sites (tertiary alicyclic amines) is 1. The number of nitrogens with zero attached hydrogens (tertiary/aromatic N) is 1. The number of methoxy groups -OCH3 is 1. The van der Waals surface area contributed by atoms with Gasteiger partial charge in [0.2, 0.25) is 0 Å². The number of rotatable bonds is 2. The Morgan fingerprint density at radius 2 is 1.96 bits per heavy atom. The minimum Gasteiger partial charge on any atom is -0.497 e. The first-order valence-corrected chi connectivity index (χ1v) is 8.72.